The second-order valence-corrected chi connectivity index (χ2v) is 8.03. The van der Waals surface area contributed by atoms with Gasteiger partial charge < -0.3 is 20.4 Å². The molecule has 0 atom stereocenters. The summed E-state index contributed by atoms with van der Waals surface area (Å²) in [5, 5.41) is 5.89. The van der Waals surface area contributed by atoms with E-state index in [0.29, 0.717) is 33.5 Å². The van der Waals surface area contributed by atoms with Crippen LogP contribution in [0.2, 0.25) is 0 Å². The first kappa shape index (κ1) is 23.1. The van der Waals surface area contributed by atoms with Crippen molar-refractivity contribution in [1.82, 2.24) is 9.97 Å². The average molecular weight is 453 g/mol. The van der Waals surface area contributed by atoms with E-state index in [-0.39, 0.29) is 23.8 Å². The van der Waals surface area contributed by atoms with Crippen LogP contribution in [-0.4, -0.2) is 28.9 Å². The number of rotatable bonds is 8. The van der Waals surface area contributed by atoms with Crippen LogP contribution in [0.5, 0.6) is 5.75 Å². The summed E-state index contributed by atoms with van der Waals surface area (Å²) in [5.41, 5.74) is 2.61. The molecule has 3 rings (SSSR count). The predicted molar refractivity (Wildman–Crippen MR) is 125 cm³/mol. The molecular weight excluding hydrogens is 428 g/mol. The molecule has 0 fully saturated rings. The summed E-state index contributed by atoms with van der Waals surface area (Å²) in [6.07, 6.45) is -0.112. The third kappa shape index (κ3) is 6.45. The number of thioether (sulfide) groups is 1. The molecule has 8 nitrogen and oxygen atoms in total. The Kier molecular flexibility index (Phi) is 7.67. The van der Waals surface area contributed by atoms with Crippen molar-refractivity contribution in [2.75, 3.05) is 17.7 Å². The van der Waals surface area contributed by atoms with Crippen LogP contribution in [0.4, 0.5) is 11.4 Å². The van der Waals surface area contributed by atoms with Crippen LogP contribution in [0.25, 0.3) is 0 Å². The van der Waals surface area contributed by atoms with Crippen LogP contribution in [-0.2, 0) is 21.8 Å². The summed E-state index contributed by atoms with van der Waals surface area (Å²) in [6, 6.07) is 14.5. The number of hydrogen-bond donors (Lipinski definition) is 3. The van der Waals surface area contributed by atoms with Crippen molar-refractivity contribution >= 4 is 35.0 Å². The van der Waals surface area contributed by atoms with Crippen LogP contribution >= 0.6 is 11.8 Å². The molecule has 1 heterocycles. The topological polar surface area (TPSA) is 113 Å². The van der Waals surface area contributed by atoms with Crippen molar-refractivity contribution in [3.05, 3.63) is 75.7 Å². The Bertz CT molecular complexity index is 1190. The number of aryl methyl sites for hydroxylation is 1. The van der Waals surface area contributed by atoms with Crippen LogP contribution in [0, 0.1) is 6.92 Å². The molecule has 166 valence electrons. The number of ether oxygens (including phenoxy) is 1. The number of H-pyrrole nitrogens is 1. The highest BCUT2D eigenvalue weighted by molar-refractivity contribution is 7.98. The lowest BCUT2D eigenvalue weighted by Crippen LogP contribution is -2.23. The van der Waals surface area contributed by atoms with E-state index in [1.165, 1.54) is 18.7 Å². The fraction of sp³-hybridized carbons (Fsp3) is 0.217. The number of aromatic amines is 1. The highest BCUT2D eigenvalue weighted by atomic mass is 32.2. The molecule has 0 saturated heterocycles. The maximum absolute atomic E-state index is 12.6. The number of carbonyl (C=O) groups is 2. The normalized spacial score (nSPS) is 10.5. The minimum Gasteiger partial charge on any atom is -0.497 e. The van der Waals surface area contributed by atoms with Gasteiger partial charge >= 0.3 is 0 Å². The van der Waals surface area contributed by atoms with Crippen LogP contribution < -0.4 is 20.9 Å². The number of nitrogens with zero attached hydrogens (tertiary/aromatic N) is 1. The maximum atomic E-state index is 12.6. The minimum atomic E-state index is -0.350. The Hall–Kier alpha value is -3.59. The van der Waals surface area contributed by atoms with E-state index in [9.17, 15) is 14.4 Å². The van der Waals surface area contributed by atoms with Gasteiger partial charge in [-0.3, -0.25) is 14.4 Å². The van der Waals surface area contributed by atoms with E-state index >= 15 is 0 Å². The molecule has 0 spiro atoms. The third-order valence-corrected chi connectivity index (χ3v) is 5.46. The number of anilines is 2. The second kappa shape index (κ2) is 10.6. The van der Waals surface area contributed by atoms with E-state index in [4.69, 9.17) is 4.74 Å². The van der Waals surface area contributed by atoms with Gasteiger partial charge in [0.2, 0.25) is 11.8 Å². The van der Waals surface area contributed by atoms with Gasteiger partial charge in [0.25, 0.3) is 5.56 Å². The van der Waals surface area contributed by atoms with Gasteiger partial charge in [0.05, 0.1) is 13.5 Å². The molecule has 0 unspecified atom stereocenters. The summed E-state index contributed by atoms with van der Waals surface area (Å²) in [6.45, 7) is 3.12. The quantitative estimate of drug-likeness (QED) is 0.356. The highest BCUT2D eigenvalue weighted by Gasteiger charge is 2.14. The summed E-state index contributed by atoms with van der Waals surface area (Å²) >= 11 is 1.40. The van der Waals surface area contributed by atoms with Gasteiger partial charge in [-0.2, -0.15) is 0 Å². The molecule has 1 aromatic heterocycles. The second-order valence-electron chi connectivity index (χ2n) is 7.06. The zero-order valence-electron chi connectivity index (χ0n) is 18.0. The molecule has 0 radical (unpaired) electrons. The molecule has 0 aliphatic rings. The monoisotopic (exact) mass is 452 g/mol. The summed E-state index contributed by atoms with van der Waals surface area (Å²) in [4.78, 5) is 43.5. The Morgan fingerprint density at radius 3 is 2.50 bits per heavy atom. The van der Waals surface area contributed by atoms with Gasteiger partial charge in [-0.05, 0) is 42.8 Å². The first-order chi connectivity index (χ1) is 15.3. The lowest BCUT2D eigenvalue weighted by atomic mass is 10.1. The molecule has 0 saturated carbocycles. The largest absolute Gasteiger partial charge is 0.497 e. The summed E-state index contributed by atoms with van der Waals surface area (Å²) in [5.74, 6) is 0.831. The zero-order valence-corrected chi connectivity index (χ0v) is 18.8. The number of nitrogens with one attached hydrogen (secondary N) is 3. The lowest BCUT2D eigenvalue weighted by molar-refractivity contribution is -0.116. The lowest BCUT2D eigenvalue weighted by Gasteiger charge is -2.10. The van der Waals surface area contributed by atoms with Crippen molar-refractivity contribution in [1.29, 1.82) is 0 Å². The van der Waals surface area contributed by atoms with Crippen LogP contribution in [0.1, 0.15) is 23.7 Å². The standard InChI is InChI=1S/C23H24N4O4S/c1-14-20(12-21(29)26-18-8-5-7-17(11-18)25-15(2)28)22(30)27-23(24-14)32-13-16-6-4-9-19(10-16)31-3/h4-11H,12-13H2,1-3H3,(H,25,28)(H,26,29)(H,24,27,30). The van der Waals surface area contributed by atoms with Gasteiger partial charge in [0.1, 0.15) is 5.75 Å². The number of amides is 2. The molecule has 3 aromatic rings. The zero-order chi connectivity index (χ0) is 23.1. The van der Waals surface area contributed by atoms with Crippen molar-refractivity contribution in [2.45, 2.75) is 31.2 Å². The minimum absolute atomic E-state index is 0.112. The maximum Gasteiger partial charge on any atom is 0.255 e. The fourth-order valence-electron chi connectivity index (χ4n) is 3.02. The van der Waals surface area contributed by atoms with Gasteiger partial charge in [0, 0.05) is 35.3 Å². The number of methoxy groups -OCH3 is 1. The predicted octanol–water partition coefficient (Wildman–Crippen LogP) is 3.52. The first-order valence-corrected chi connectivity index (χ1v) is 10.9. The Labute approximate surface area is 189 Å². The molecule has 32 heavy (non-hydrogen) atoms. The molecule has 2 aromatic carbocycles. The van der Waals surface area contributed by atoms with Crippen molar-refractivity contribution < 1.29 is 14.3 Å². The molecule has 0 aliphatic carbocycles. The van der Waals surface area contributed by atoms with Crippen LogP contribution in [0.15, 0.2) is 58.5 Å². The highest BCUT2D eigenvalue weighted by Crippen LogP contribution is 2.22. The number of aromatic nitrogens is 2. The van der Waals surface area contributed by atoms with E-state index in [2.05, 4.69) is 20.6 Å². The Balaban J connectivity index is 1.65. The van der Waals surface area contributed by atoms with E-state index in [1.54, 1.807) is 38.3 Å². The average Bonchev–Trinajstić information content (AvgIpc) is 2.75. The number of benzene rings is 2. The van der Waals surface area contributed by atoms with Gasteiger partial charge in [-0.1, -0.05) is 30.0 Å². The van der Waals surface area contributed by atoms with E-state index in [0.717, 1.165) is 11.3 Å². The molecular formula is C23H24N4O4S. The third-order valence-electron chi connectivity index (χ3n) is 4.51. The molecule has 0 aliphatic heterocycles. The number of hydrogen-bond acceptors (Lipinski definition) is 6. The van der Waals surface area contributed by atoms with Gasteiger partial charge in [-0.15, -0.1) is 0 Å². The summed E-state index contributed by atoms with van der Waals surface area (Å²) < 4.78 is 5.22. The SMILES string of the molecule is COc1cccc(CSc2nc(C)c(CC(=O)Nc3cccc(NC(C)=O)c3)c(=O)[nH]2)c1. The van der Waals surface area contributed by atoms with Crippen molar-refractivity contribution in [2.24, 2.45) is 0 Å². The first-order valence-electron chi connectivity index (χ1n) is 9.87. The van der Waals surface area contributed by atoms with E-state index in [1.807, 2.05) is 24.3 Å². The van der Waals surface area contributed by atoms with Crippen molar-refractivity contribution in [3.63, 3.8) is 0 Å². The Morgan fingerprint density at radius 2 is 1.81 bits per heavy atom. The molecule has 3 N–H and O–H groups in total. The van der Waals surface area contributed by atoms with Gasteiger partial charge in [-0.25, -0.2) is 4.98 Å². The summed E-state index contributed by atoms with van der Waals surface area (Å²) in [7, 11) is 1.61. The smallest absolute Gasteiger partial charge is 0.255 e. The molecule has 0 bridgehead atoms. The van der Waals surface area contributed by atoms with Crippen LogP contribution in [0.3, 0.4) is 0 Å². The van der Waals surface area contributed by atoms with E-state index < -0.39 is 0 Å². The molecule has 2 amide bonds. The fourth-order valence-corrected chi connectivity index (χ4v) is 3.87. The Morgan fingerprint density at radius 1 is 1.09 bits per heavy atom. The van der Waals surface area contributed by atoms with Crippen molar-refractivity contribution in [3.8, 4) is 5.75 Å². The number of carbonyl (C=O) groups excluding carboxylic acids is 2. The molecule has 9 heteroatoms. The van der Waals surface area contributed by atoms with Gasteiger partial charge in [0.15, 0.2) is 5.16 Å².